The van der Waals surface area contributed by atoms with Crippen LogP contribution in [-0.4, -0.2) is 24.3 Å². The second kappa shape index (κ2) is 5.74. The molecule has 1 aromatic heterocycles. The minimum absolute atomic E-state index is 0.0323. The third kappa shape index (κ3) is 2.59. The first-order valence-electron chi connectivity index (χ1n) is 7.15. The molecule has 1 heterocycles. The molecule has 1 N–H and O–H groups in total. The van der Waals surface area contributed by atoms with Gasteiger partial charge in [-0.05, 0) is 42.5 Å². The number of aliphatic hydroxyl groups excluding tert-OH is 1. The summed E-state index contributed by atoms with van der Waals surface area (Å²) in [4.78, 5) is 11.9. The van der Waals surface area contributed by atoms with Crippen LogP contribution in [0.25, 0.3) is 0 Å². The molecule has 3 rings (SSSR count). The summed E-state index contributed by atoms with van der Waals surface area (Å²) in [7, 11) is 0. The van der Waals surface area contributed by atoms with Crippen LogP contribution in [0.4, 0.5) is 0 Å². The average Bonchev–Trinajstić information content (AvgIpc) is 3.07. The van der Waals surface area contributed by atoms with Gasteiger partial charge in [-0.25, -0.2) is 4.79 Å². The average molecular weight is 286 g/mol. The zero-order valence-corrected chi connectivity index (χ0v) is 11.7. The topological polar surface area (TPSA) is 59.7 Å². The summed E-state index contributed by atoms with van der Waals surface area (Å²) < 4.78 is 10.4. The zero-order chi connectivity index (χ0) is 14.7. The summed E-state index contributed by atoms with van der Waals surface area (Å²) in [6, 6.07) is 11.3. The highest BCUT2D eigenvalue weighted by atomic mass is 16.5. The number of esters is 1. The Labute approximate surface area is 123 Å². The van der Waals surface area contributed by atoms with Gasteiger partial charge in [0.15, 0.2) is 0 Å². The number of ether oxygens (including phenoxy) is 1. The molecule has 1 unspecified atom stereocenters. The van der Waals surface area contributed by atoms with Gasteiger partial charge < -0.3 is 14.3 Å². The molecule has 110 valence electrons. The minimum Gasteiger partial charge on any atom is -0.459 e. The number of benzene rings is 1. The zero-order valence-electron chi connectivity index (χ0n) is 11.7. The lowest BCUT2D eigenvalue weighted by molar-refractivity contribution is 0.0253. The van der Waals surface area contributed by atoms with Crippen LogP contribution >= 0.6 is 0 Å². The number of hydrogen-bond donors (Lipinski definition) is 1. The Morgan fingerprint density at radius 1 is 1.29 bits per heavy atom. The summed E-state index contributed by atoms with van der Waals surface area (Å²) in [6.45, 7) is 0.134. The summed E-state index contributed by atoms with van der Waals surface area (Å²) in [5.41, 5.74) is 1.81. The van der Waals surface area contributed by atoms with E-state index < -0.39 is 11.4 Å². The standard InChI is InChI=1S/C17H18O4/c18-11-17(12-21-16(19)15-8-4-10-20-15)9-3-6-13-5-1-2-7-14(13)17/h1-2,4-5,7-8,10,18H,3,6,9,11-12H2. The molecule has 0 aliphatic heterocycles. The van der Waals surface area contributed by atoms with Crippen molar-refractivity contribution in [3.05, 3.63) is 59.5 Å². The van der Waals surface area contributed by atoms with E-state index in [1.54, 1.807) is 12.1 Å². The number of hydrogen-bond acceptors (Lipinski definition) is 4. The van der Waals surface area contributed by atoms with Crippen LogP contribution in [-0.2, 0) is 16.6 Å². The maximum atomic E-state index is 11.9. The monoisotopic (exact) mass is 286 g/mol. The van der Waals surface area contributed by atoms with Gasteiger partial charge in [-0.2, -0.15) is 0 Å². The number of carbonyl (C=O) groups is 1. The van der Waals surface area contributed by atoms with Crippen molar-refractivity contribution in [1.82, 2.24) is 0 Å². The second-order valence-corrected chi connectivity index (χ2v) is 5.50. The van der Waals surface area contributed by atoms with Crippen LogP contribution in [0.3, 0.4) is 0 Å². The first-order chi connectivity index (χ1) is 10.2. The molecule has 1 atom stereocenters. The molecular weight excluding hydrogens is 268 g/mol. The Morgan fingerprint density at radius 2 is 2.14 bits per heavy atom. The van der Waals surface area contributed by atoms with Gasteiger partial charge in [0, 0.05) is 0 Å². The molecule has 2 aromatic rings. The number of carbonyl (C=O) groups excluding carboxylic acids is 1. The van der Waals surface area contributed by atoms with Crippen LogP contribution in [0.15, 0.2) is 47.1 Å². The van der Waals surface area contributed by atoms with Crippen molar-refractivity contribution in [3.8, 4) is 0 Å². The van der Waals surface area contributed by atoms with Crippen LogP contribution < -0.4 is 0 Å². The Balaban J connectivity index is 1.80. The molecule has 4 nitrogen and oxygen atoms in total. The third-order valence-corrected chi connectivity index (χ3v) is 4.19. The lowest BCUT2D eigenvalue weighted by Gasteiger charge is -2.37. The SMILES string of the molecule is O=C(OCC1(CO)CCCc2ccccc21)c1ccco1. The van der Waals surface area contributed by atoms with E-state index in [0.29, 0.717) is 0 Å². The first kappa shape index (κ1) is 13.9. The van der Waals surface area contributed by atoms with Gasteiger partial charge in [0.05, 0.1) is 18.3 Å². The number of furan rings is 1. The maximum absolute atomic E-state index is 11.9. The van der Waals surface area contributed by atoms with Crippen molar-refractivity contribution >= 4 is 5.97 Å². The Kier molecular flexibility index (Phi) is 3.80. The van der Waals surface area contributed by atoms with Crippen LogP contribution in [0.5, 0.6) is 0 Å². The fourth-order valence-electron chi connectivity index (χ4n) is 3.04. The summed E-state index contributed by atoms with van der Waals surface area (Å²) >= 11 is 0. The predicted octanol–water partition coefficient (Wildman–Crippen LogP) is 2.70. The van der Waals surface area contributed by atoms with E-state index in [-0.39, 0.29) is 19.0 Å². The van der Waals surface area contributed by atoms with Crippen molar-refractivity contribution in [2.24, 2.45) is 0 Å². The molecule has 1 aliphatic carbocycles. The molecule has 4 heteroatoms. The highest BCUT2D eigenvalue weighted by Gasteiger charge is 2.37. The van der Waals surface area contributed by atoms with Crippen LogP contribution in [0, 0.1) is 0 Å². The molecule has 0 saturated heterocycles. The van der Waals surface area contributed by atoms with E-state index in [1.807, 2.05) is 18.2 Å². The van der Waals surface area contributed by atoms with E-state index in [9.17, 15) is 9.90 Å². The van der Waals surface area contributed by atoms with Crippen LogP contribution in [0.2, 0.25) is 0 Å². The maximum Gasteiger partial charge on any atom is 0.374 e. The van der Waals surface area contributed by atoms with Gasteiger partial charge in [-0.3, -0.25) is 0 Å². The molecule has 1 aromatic carbocycles. The van der Waals surface area contributed by atoms with E-state index in [4.69, 9.17) is 9.15 Å². The van der Waals surface area contributed by atoms with Crippen molar-refractivity contribution in [2.75, 3.05) is 13.2 Å². The van der Waals surface area contributed by atoms with Gasteiger partial charge in [-0.1, -0.05) is 24.3 Å². The highest BCUT2D eigenvalue weighted by molar-refractivity contribution is 5.86. The molecule has 0 spiro atoms. The van der Waals surface area contributed by atoms with Gasteiger partial charge in [0.25, 0.3) is 0 Å². The van der Waals surface area contributed by atoms with Crippen molar-refractivity contribution in [1.29, 1.82) is 0 Å². The van der Waals surface area contributed by atoms with E-state index in [2.05, 4.69) is 6.07 Å². The molecule has 0 bridgehead atoms. The molecular formula is C17H18O4. The van der Waals surface area contributed by atoms with Gasteiger partial charge in [0.2, 0.25) is 5.76 Å². The molecule has 0 saturated carbocycles. The third-order valence-electron chi connectivity index (χ3n) is 4.19. The van der Waals surface area contributed by atoms with E-state index >= 15 is 0 Å². The van der Waals surface area contributed by atoms with Crippen molar-refractivity contribution < 1.29 is 19.1 Å². The molecule has 1 aliphatic rings. The smallest absolute Gasteiger partial charge is 0.374 e. The van der Waals surface area contributed by atoms with Crippen molar-refractivity contribution in [2.45, 2.75) is 24.7 Å². The Morgan fingerprint density at radius 3 is 2.90 bits per heavy atom. The van der Waals surface area contributed by atoms with Gasteiger partial charge in [0.1, 0.15) is 6.61 Å². The van der Waals surface area contributed by atoms with Gasteiger partial charge >= 0.3 is 5.97 Å². The van der Waals surface area contributed by atoms with Crippen LogP contribution in [0.1, 0.15) is 34.5 Å². The lowest BCUT2D eigenvalue weighted by atomic mass is 9.71. The normalized spacial score (nSPS) is 20.8. The van der Waals surface area contributed by atoms with E-state index in [1.165, 1.54) is 11.8 Å². The number of rotatable bonds is 4. The summed E-state index contributed by atoms with van der Waals surface area (Å²) in [5.74, 6) is -0.303. The molecule has 0 amide bonds. The second-order valence-electron chi connectivity index (χ2n) is 5.50. The highest BCUT2D eigenvalue weighted by Crippen LogP contribution is 2.37. The summed E-state index contributed by atoms with van der Waals surface area (Å²) in [5, 5.41) is 9.92. The van der Waals surface area contributed by atoms with Gasteiger partial charge in [-0.15, -0.1) is 0 Å². The fourth-order valence-corrected chi connectivity index (χ4v) is 3.04. The molecule has 0 radical (unpaired) electrons. The van der Waals surface area contributed by atoms with E-state index in [0.717, 1.165) is 24.8 Å². The number of aliphatic hydroxyl groups is 1. The largest absolute Gasteiger partial charge is 0.459 e. The Bertz CT molecular complexity index is 617. The predicted molar refractivity (Wildman–Crippen MR) is 77.1 cm³/mol. The Hall–Kier alpha value is -2.07. The lowest BCUT2D eigenvalue weighted by Crippen LogP contribution is -2.40. The quantitative estimate of drug-likeness (QED) is 0.878. The van der Waals surface area contributed by atoms with Crippen molar-refractivity contribution in [3.63, 3.8) is 0 Å². The number of fused-ring (bicyclic) bond motifs is 1. The minimum atomic E-state index is -0.503. The summed E-state index contributed by atoms with van der Waals surface area (Å²) in [6.07, 6.45) is 4.24. The first-order valence-corrected chi connectivity index (χ1v) is 7.15. The fraction of sp³-hybridized carbons (Fsp3) is 0.353. The number of aryl methyl sites for hydroxylation is 1. The molecule has 21 heavy (non-hydrogen) atoms. The molecule has 0 fully saturated rings.